The quantitative estimate of drug-likeness (QED) is 0.443. The third-order valence-electron chi connectivity index (χ3n) is 4.35. The van der Waals surface area contributed by atoms with Crippen LogP contribution in [0.4, 0.5) is 5.82 Å². The van der Waals surface area contributed by atoms with Crippen molar-refractivity contribution in [2.24, 2.45) is 4.99 Å². The van der Waals surface area contributed by atoms with Crippen LogP contribution in [0, 0.1) is 0 Å². The molecule has 0 radical (unpaired) electrons. The average Bonchev–Trinajstić information content (AvgIpc) is 2.64. The van der Waals surface area contributed by atoms with Gasteiger partial charge in [0.25, 0.3) is 0 Å². The van der Waals surface area contributed by atoms with E-state index in [4.69, 9.17) is 4.74 Å². The summed E-state index contributed by atoms with van der Waals surface area (Å²) in [6.07, 6.45) is 1.79. The van der Waals surface area contributed by atoms with Crippen molar-refractivity contribution in [3.8, 4) is 0 Å². The van der Waals surface area contributed by atoms with E-state index >= 15 is 0 Å². The van der Waals surface area contributed by atoms with Crippen LogP contribution in [0.25, 0.3) is 0 Å². The fourth-order valence-corrected chi connectivity index (χ4v) is 3.03. The van der Waals surface area contributed by atoms with Gasteiger partial charge in [-0.1, -0.05) is 6.07 Å². The van der Waals surface area contributed by atoms with Gasteiger partial charge in [0.15, 0.2) is 5.96 Å². The van der Waals surface area contributed by atoms with Crippen molar-refractivity contribution in [1.29, 1.82) is 0 Å². The standard InChI is InChI=1S/C19H34N6O2/c1-5-20-18(22-13-16-7-6-8-21-17(16)24(3)4)23-14-19(2,26)15-25-9-11-27-12-10-25/h6-8,26H,5,9-15H2,1-4H3,(H2,20,22,23). The second kappa shape index (κ2) is 10.4. The van der Waals surface area contributed by atoms with Gasteiger partial charge in [-0.25, -0.2) is 9.98 Å². The van der Waals surface area contributed by atoms with Crippen LogP contribution in [-0.2, 0) is 11.3 Å². The third kappa shape index (κ3) is 7.32. The first-order valence-electron chi connectivity index (χ1n) is 9.57. The highest BCUT2D eigenvalue weighted by Crippen LogP contribution is 2.15. The summed E-state index contributed by atoms with van der Waals surface area (Å²) in [4.78, 5) is 13.3. The van der Waals surface area contributed by atoms with E-state index in [9.17, 15) is 5.11 Å². The molecule has 1 aromatic heterocycles. The Labute approximate surface area is 162 Å². The predicted molar refractivity (Wildman–Crippen MR) is 109 cm³/mol. The summed E-state index contributed by atoms with van der Waals surface area (Å²) >= 11 is 0. The summed E-state index contributed by atoms with van der Waals surface area (Å²) < 4.78 is 5.37. The zero-order valence-corrected chi connectivity index (χ0v) is 17.0. The molecule has 8 heteroatoms. The van der Waals surface area contributed by atoms with Crippen molar-refractivity contribution < 1.29 is 9.84 Å². The SMILES string of the molecule is CCNC(=NCc1cccnc1N(C)C)NCC(C)(O)CN1CCOCC1. The molecule has 1 aliphatic heterocycles. The number of nitrogens with one attached hydrogen (secondary N) is 2. The van der Waals surface area contributed by atoms with Gasteiger partial charge in [0.05, 0.1) is 25.4 Å². The number of pyridine rings is 1. The highest BCUT2D eigenvalue weighted by molar-refractivity contribution is 5.79. The number of aliphatic imine (C=N–C) groups is 1. The average molecular weight is 379 g/mol. The molecule has 2 rings (SSSR count). The lowest BCUT2D eigenvalue weighted by molar-refractivity contribution is -0.0201. The van der Waals surface area contributed by atoms with Crippen molar-refractivity contribution >= 4 is 11.8 Å². The van der Waals surface area contributed by atoms with Crippen LogP contribution in [0.2, 0.25) is 0 Å². The smallest absolute Gasteiger partial charge is 0.191 e. The van der Waals surface area contributed by atoms with Gasteiger partial charge in [0, 0.05) is 58.6 Å². The Morgan fingerprint density at radius 1 is 1.37 bits per heavy atom. The number of hydrogen-bond acceptors (Lipinski definition) is 6. The number of morpholine rings is 1. The molecule has 0 saturated carbocycles. The molecular weight excluding hydrogens is 344 g/mol. The van der Waals surface area contributed by atoms with Gasteiger partial charge >= 0.3 is 0 Å². The Hall–Kier alpha value is -1.90. The first-order valence-corrected chi connectivity index (χ1v) is 9.57. The molecule has 1 unspecified atom stereocenters. The molecule has 2 heterocycles. The van der Waals surface area contributed by atoms with Gasteiger partial charge in [0.2, 0.25) is 0 Å². The molecule has 152 valence electrons. The number of hydrogen-bond donors (Lipinski definition) is 3. The Balaban J connectivity index is 1.95. The summed E-state index contributed by atoms with van der Waals surface area (Å²) in [5.41, 5.74) is 0.205. The number of rotatable bonds is 8. The minimum absolute atomic E-state index is 0.420. The molecule has 0 bridgehead atoms. The molecule has 0 aliphatic carbocycles. The largest absolute Gasteiger partial charge is 0.387 e. The van der Waals surface area contributed by atoms with E-state index in [1.807, 2.05) is 45.0 Å². The van der Waals surface area contributed by atoms with E-state index in [2.05, 4.69) is 25.5 Å². The minimum Gasteiger partial charge on any atom is -0.387 e. The maximum absolute atomic E-state index is 10.7. The topological polar surface area (TPSA) is 85.2 Å². The van der Waals surface area contributed by atoms with Gasteiger partial charge in [-0.2, -0.15) is 0 Å². The molecule has 0 aromatic carbocycles. The highest BCUT2D eigenvalue weighted by Gasteiger charge is 2.25. The van der Waals surface area contributed by atoms with Crippen LogP contribution < -0.4 is 15.5 Å². The molecule has 27 heavy (non-hydrogen) atoms. The molecule has 1 aromatic rings. The van der Waals surface area contributed by atoms with E-state index < -0.39 is 5.60 Å². The van der Waals surface area contributed by atoms with E-state index in [0.717, 1.165) is 44.2 Å². The van der Waals surface area contributed by atoms with Crippen molar-refractivity contribution in [2.45, 2.75) is 26.0 Å². The number of nitrogens with zero attached hydrogens (tertiary/aromatic N) is 4. The maximum atomic E-state index is 10.7. The molecular formula is C19H34N6O2. The summed E-state index contributed by atoms with van der Waals surface area (Å²) in [6.45, 7) is 9.35. The van der Waals surface area contributed by atoms with Crippen molar-refractivity contribution in [3.63, 3.8) is 0 Å². The Bertz CT molecular complexity index is 600. The molecule has 3 N–H and O–H groups in total. The molecule has 8 nitrogen and oxygen atoms in total. The predicted octanol–water partition coefficient (Wildman–Crippen LogP) is 0.286. The highest BCUT2D eigenvalue weighted by atomic mass is 16.5. The number of aliphatic hydroxyl groups is 1. The van der Waals surface area contributed by atoms with E-state index in [-0.39, 0.29) is 0 Å². The minimum atomic E-state index is -0.851. The molecule has 0 amide bonds. The van der Waals surface area contributed by atoms with E-state index in [1.54, 1.807) is 6.20 Å². The maximum Gasteiger partial charge on any atom is 0.191 e. The number of guanidine groups is 1. The first kappa shape index (κ1) is 21.4. The molecule has 1 saturated heterocycles. The Kier molecular flexibility index (Phi) is 8.27. The van der Waals surface area contributed by atoms with Gasteiger partial charge < -0.3 is 25.4 Å². The van der Waals surface area contributed by atoms with Gasteiger partial charge in [-0.05, 0) is 19.9 Å². The van der Waals surface area contributed by atoms with Crippen LogP contribution in [-0.4, -0.2) is 86.6 Å². The molecule has 0 spiro atoms. The van der Waals surface area contributed by atoms with E-state index in [0.29, 0.717) is 25.6 Å². The van der Waals surface area contributed by atoms with Gasteiger partial charge in [0.1, 0.15) is 5.82 Å². The summed E-state index contributed by atoms with van der Waals surface area (Å²) in [5, 5.41) is 17.2. The molecule has 1 atom stereocenters. The fourth-order valence-electron chi connectivity index (χ4n) is 3.03. The number of anilines is 1. The summed E-state index contributed by atoms with van der Waals surface area (Å²) in [6, 6.07) is 3.95. The van der Waals surface area contributed by atoms with Gasteiger partial charge in [-0.15, -0.1) is 0 Å². The first-order chi connectivity index (χ1) is 12.9. The lowest BCUT2D eigenvalue weighted by Crippen LogP contribution is -2.52. The summed E-state index contributed by atoms with van der Waals surface area (Å²) in [5.74, 6) is 1.60. The van der Waals surface area contributed by atoms with Crippen LogP contribution in [0.5, 0.6) is 0 Å². The Morgan fingerprint density at radius 2 is 2.11 bits per heavy atom. The van der Waals surface area contributed by atoms with Crippen molar-refractivity contribution in [3.05, 3.63) is 23.9 Å². The zero-order chi connectivity index (χ0) is 19.7. The van der Waals surface area contributed by atoms with Crippen LogP contribution in [0.15, 0.2) is 23.3 Å². The van der Waals surface area contributed by atoms with Gasteiger partial charge in [-0.3, -0.25) is 4.90 Å². The van der Waals surface area contributed by atoms with Crippen LogP contribution in [0.1, 0.15) is 19.4 Å². The van der Waals surface area contributed by atoms with Crippen LogP contribution >= 0.6 is 0 Å². The normalized spacial score (nSPS) is 18.0. The summed E-state index contributed by atoms with van der Waals surface area (Å²) in [7, 11) is 3.95. The number of aromatic nitrogens is 1. The van der Waals surface area contributed by atoms with Crippen molar-refractivity contribution in [2.75, 3.05) is 64.9 Å². The fraction of sp³-hybridized carbons (Fsp3) is 0.684. The third-order valence-corrected chi connectivity index (χ3v) is 4.35. The van der Waals surface area contributed by atoms with Crippen LogP contribution in [0.3, 0.4) is 0 Å². The number of ether oxygens (including phenoxy) is 1. The Morgan fingerprint density at radius 3 is 2.78 bits per heavy atom. The lowest BCUT2D eigenvalue weighted by atomic mass is 10.1. The van der Waals surface area contributed by atoms with E-state index in [1.165, 1.54) is 0 Å². The number of β-amino-alcohol motifs (C(OH)–C–C–N with tert-alkyl or cyclic N) is 1. The molecule has 1 aliphatic rings. The lowest BCUT2D eigenvalue weighted by Gasteiger charge is -2.34. The second-order valence-corrected chi connectivity index (χ2v) is 7.31. The second-order valence-electron chi connectivity index (χ2n) is 7.31. The zero-order valence-electron chi connectivity index (χ0n) is 17.0. The monoisotopic (exact) mass is 378 g/mol. The van der Waals surface area contributed by atoms with Crippen molar-refractivity contribution in [1.82, 2.24) is 20.5 Å². The molecule has 1 fully saturated rings.